The summed E-state index contributed by atoms with van der Waals surface area (Å²) in [7, 11) is 0. The Hall–Kier alpha value is -2.35. The SMILES string of the molecule is Cc1cc(C)n(-c2ccc(CNC(=O)[C@@H]3CS[C@]4(C)CCC(=O)N34)cn2)n1. The summed E-state index contributed by atoms with van der Waals surface area (Å²) in [4.78, 5) is 30.8. The van der Waals surface area contributed by atoms with E-state index in [4.69, 9.17) is 0 Å². The molecule has 4 rings (SSSR count). The molecule has 2 aromatic rings. The number of aromatic nitrogens is 3. The summed E-state index contributed by atoms with van der Waals surface area (Å²) in [5, 5.41) is 7.38. The summed E-state index contributed by atoms with van der Waals surface area (Å²) >= 11 is 1.70. The van der Waals surface area contributed by atoms with Crippen LogP contribution in [0.1, 0.15) is 36.7 Å². The number of carbonyl (C=O) groups excluding carboxylic acids is 2. The predicted octanol–water partition coefficient (Wildman–Crippen LogP) is 1.95. The van der Waals surface area contributed by atoms with E-state index in [9.17, 15) is 9.59 Å². The largest absolute Gasteiger partial charge is 0.350 e. The van der Waals surface area contributed by atoms with Crippen molar-refractivity contribution in [3.63, 3.8) is 0 Å². The molecule has 0 spiro atoms. The number of nitrogens with zero attached hydrogens (tertiary/aromatic N) is 4. The number of nitrogens with one attached hydrogen (secondary N) is 1. The van der Waals surface area contributed by atoms with Crippen molar-refractivity contribution in [3.8, 4) is 5.82 Å². The van der Waals surface area contributed by atoms with Gasteiger partial charge >= 0.3 is 0 Å². The molecule has 2 fully saturated rings. The molecule has 0 radical (unpaired) electrons. The van der Waals surface area contributed by atoms with Gasteiger partial charge in [0.25, 0.3) is 0 Å². The van der Waals surface area contributed by atoms with E-state index in [1.807, 2.05) is 32.0 Å². The number of amides is 2. The van der Waals surface area contributed by atoms with Gasteiger partial charge in [-0.05, 0) is 44.9 Å². The number of fused-ring (bicyclic) bond motifs is 1. The van der Waals surface area contributed by atoms with E-state index in [1.165, 1.54) is 0 Å². The lowest BCUT2D eigenvalue weighted by Crippen LogP contribution is -2.49. The molecule has 2 amide bonds. The normalized spacial score (nSPS) is 24.3. The van der Waals surface area contributed by atoms with E-state index in [-0.39, 0.29) is 22.7 Å². The highest BCUT2D eigenvalue weighted by atomic mass is 32.2. The van der Waals surface area contributed by atoms with Gasteiger partial charge in [0.05, 0.1) is 10.6 Å². The van der Waals surface area contributed by atoms with E-state index < -0.39 is 0 Å². The van der Waals surface area contributed by atoms with E-state index in [0.29, 0.717) is 18.7 Å². The van der Waals surface area contributed by atoms with Crippen molar-refractivity contribution in [2.24, 2.45) is 0 Å². The third-order valence-corrected chi connectivity index (χ3v) is 6.76. The molecule has 0 aliphatic carbocycles. The molecule has 1 N–H and O–H groups in total. The van der Waals surface area contributed by atoms with Crippen LogP contribution in [-0.2, 0) is 16.1 Å². The molecule has 0 bridgehead atoms. The molecular formula is C19H23N5O2S. The molecule has 2 aliphatic rings. The van der Waals surface area contributed by atoms with Crippen molar-refractivity contribution in [2.75, 3.05) is 5.75 Å². The summed E-state index contributed by atoms with van der Waals surface area (Å²) < 4.78 is 1.80. The van der Waals surface area contributed by atoms with Gasteiger partial charge in [0.2, 0.25) is 11.8 Å². The molecule has 8 heteroatoms. The van der Waals surface area contributed by atoms with Crippen molar-refractivity contribution < 1.29 is 9.59 Å². The first-order chi connectivity index (χ1) is 12.9. The van der Waals surface area contributed by atoms with Gasteiger partial charge in [-0.3, -0.25) is 9.59 Å². The number of rotatable bonds is 4. The molecule has 2 atom stereocenters. The Labute approximate surface area is 162 Å². The number of carbonyl (C=O) groups is 2. The van der Waals surface area contributed by atoms with Crippen LogP contribution in [0.4, 0.5) is 0 Å². The summed E-state index contributed by atoms with van der Waals surface area (Å²) in [5.41, 5.74) is 2.89. The predicted molar refractivity (Wildman–Crippen MR) is 103 cm³/mol. The lowest BCUT2D eigenvalue weighted by molar-refractivity contribution is -0.138. The van der Waals surface area contributed by atoms with Gasteiger partial charge < -0.3 is 10.2 Å². The fourth-order valence-electron chi connectivity index (χ4n) is 3.83. The maximum absolute atomic E-state index is 12.6. The molecule has 2 saturated heterocycles. The number of pyridine rings is 1. The summed E-state index contributed by atoms with van der Waals surface area (Å²) in [6.45, 7) is 6.38. The lowest BCUT2D eigenvalue weighted by Gasteiger charge is -2.29. The van der Waals surface area contributed by atoms with Crippen LogP contribution >= 0.6 is 11.8 Å². The maximum Gasteiger partial charge on any atom is 0.243 e. The molecule has 27 heavy (non-hydrogen) atoms. The van der Waals surface area contributed by atoms with Crippen LogP contribution < -0.4 is 5.32 Å². The molecule has 142 valence electrons. The average Bonchev–Trinajstić information content (AvgIpc) is 3.26. The molecule has 2 aromatic heterocycles. The number of aryl methyl sites for hydroxylation is 2. The molecule has 7 nitrogen and oxygen atoms in total. The molecule has 4 heterocycles. The van der Waals surface area contributed by atoms with Gasteiger partial charge in [-0.1, -0.05) is 6.07 Å². The molecule has 0 saturated carbocycles. The Morgan fingerprint density at radius 3 is 2.89 bits per heavy atom. The third-order valence-electron chi connectivity index (χ3n) is 5.25. The van der Waals surface area contributed by atoms with E-state index in [0.717, 1.165) is 29.2 Å². The van der Waals surface area contributed by atoms with Gasteiger partial charge in [-0.25, -0.2) is 9.67 Å². The van der Waals surface area contributed by atoms with E-state index >= 15 is 0 Å². The van der Waals surface area contributed by atoms with Crippen molar-refractivity contribution in [1.29, 1.82) is 0 Å². The molecule has 0 aromatic carbocycles. The lowest BCUT2D eigenvalue weighted by atomic mass is 10.2. The highest BCUT2D eigenvalue weighted by Gasteiger charge is 2.52. The smallest absolute Gasteiger partial charge is 0.243 e. The second-order valence-electron chi connectivity index (χ2n) is 7.35. The van der Waals surface area contributed by atoms with Gasteiger partial charge in [0.1, 0.15) is 6.04 Å². The first kappa shape index (κ1) is 18.0. The van der Waals surface area contributed by atoms with Crippen molar-refractivity contribution in [1.82, 2.24) is 25.0 Å². The Balaban J connectivity index is 1.40. The highest BCUT2D eigenvalue weighted by molar-refractivity contribution is 8.01. The Morgan fingerprint density at radius 1 is 1.41 bits per heavy atom. The number of hydrogen-bond donors (Lipinski definition) is 1. The minimum absolute atomic E-state index is 0.0820. The Bertz CT molecular complexity index is 894. The summed E-state index contributed by atoms with van der Waals surface area (Å²) in [6, 6.07) is 5.46. The van der Waals surface area contributed by atoms with Crippen LogP contribution in [0, 0.1) is 13.8 Å². The van der Waals surface area contributed by atoms with E-state index in [1.54, 1.807) is 27.5 Å². The van der Waals surface area contributed by atoms with Gasteiger partial charge in [0, 0.05) is 30.6 Å². The van der Waals surface area contributed by atoms with Crippen molar-refractivity contribution in [3.05, 3.63) is 41.3 Å². The zero-order valence-corrected chi connectivity index (χ0v) is 16.5. The van der Waals surface area contributed by atoms with E-state index in [2.05, 4.69) is 22.3 Å². The Kier molecular flexibility index (Phi) is 4.46. The first-order valence-electron chi connectivity index (χ1n) is 9.10. The molecular weight excluding hydrogens is 362 g/mol. The van der Waals surface area contributed by atoms with Crippen LogP contribution in [0.15, 0.2) is 24.4 Å². The second-order valence-corrected chi connectivity index (χ2v) is 8.85. The average molecular weight is 385 g/mol. The van der Waals surface area contributed by atoms with Gasteiger partial charge in [0.15, 0.2) is 5.82 Å². The minimum atomic E-state index is -0.378. The van der Waals surface area contributed by atoms with Crippen LogP contribution in [-0.4, -0.2) is 48.1 Å². The van der Waals surface area contributed by atoms with Crippen LogP contribution in [0.2, 0.25) is 0 Å². The highest BCUT2D eigenvalue weighted by Crippen LogP contribution is 2.47. The topological polar surface area (TPSA) is 80.1 Å². The monoisotopic (exact) mass is 385 g/mol. The third kappa shape index (κ3) is 3.22. The standard InChI is InChI=1S/C19H23N5O2S/c1-12-8-13(2)24(22-12)16-5-4-14(9-20-16)10-21-18(26)15-11-27-19(3)7-6-17(25)23(15)19/h4-5,8-9,15H,6-7,10-11H2,1-3H3,(H,21,26)/t15-,19+/m0/s1. The fraction of sp³-hybridized carbons (Fsp3) is 0.474. The van der Waals surface area contributed by atoms with Gasteiger partial charge in [-0.15, -0.1) is 11.8 Å². The molecule has 0 unspecified atom stereocenters. The first-order valence-corrected chi connectivity index (χ1v) is 10.1. The zero-order valence-electron chi connectivity index (χ0n) is 15.7. The van der Waals surface area contributed by atoms with Crippen LogP contribution in [0.3, 0.4) is 0 Å². The van der Waals surface area contributed by atoms with Crippen LogP contribution in [0.25, 0.3) is 5.82 Å². The second kappa shape index (κ2) is 6.67. The minimum Gasteiger partial charge on any atom is -0.350 e. The van der Waals surface area contributed by atoms with Crippen molar-refractivity contribution in [2.45, 2.75) is 51.1 Å². The van der Waals surface area contributed by atoms with Gasteiger partial charge in [-0.2, -0.15) is 5.10 Å². The summed E-state index contributed by atoms with van der Waals surface area (Å²) in [5.74, 6) is 1.40. The number of thioether (sulfide) groups is 1. The van der Waals surface area contributed by atoms with Crippen LogP contribution in [0.5, 0.6) is 0 Å². The zero-order chi connectivity index (χ0) is 19.2. The summed E-state index contributed by atoms with van der Waals surface area (Å²) in [6.07, 6.45) is 3.10. The quantitative estimate of drug-likeness (QED) is 0.870. The Morgan fingerprint density at radius 2 is 2.22 bits per heavy atom. The molecule has 2 aliphatic heterocycles. The number of hydrogen-bond acceptors (Lipinski definition) is 5. The fourth-order valence-corrected chi connectivity index (χ4v) is 5.26. The maximum atomic E-state index is 12.6. The van der Waals surface area contributed by atoms with Crippen molar-refractivity contribution >= 4 is 23.6 Å².